The first-order chi connectivity index (χ1) is 14.1. The molecule has 30 heavy (non-hydrogen) atoms. The number of carbonyl (C=O) groups is 2. The molecule has 1 aromatic carbocycles. The van der Waals surface area contributed by atoms with Crippen molar-refractivity contribution in [3.63, 3.8) is 0 Å². The van der Waals surface area contributed by atoms with Gasteiger partial charge in [-0.25, -0.2) is 4.98 Å². The highest BCUT2D eigenvalue weighted by molar-refractivity contribution is 6.33. The molecule has 10 heteroatoms. The number of rotatable bonds is 4. The van der Waals surface area contributed by atoms with E-state index in [9.17, 15) is 22.8 Å². The average molecular weight is 416 g/mol. The van der Waals surface area contributed by atoms with Gasteiger partial charge in [-0.1, -0.05) is 17.6 Å². The fourth-order valence-electron chi connectivity index (χ4n) is 3.26. The summed E-state index contributed by atoms with van der Waals surface area (Å²) in [4.78, 5) is 31.7. The number of pyridine rings is 1. The molecule has 1 saturated heterocycles. The van der Waals surface area contributed by atoms with Gasteiger partial charge in [0.1, 0.15) is 13.7 Å². The first-order valence-corrected chi connectivity index (χ1v) is 9.35. The normalized spacial score (nSPS) is 14.5. The fourth-order valence-corrected chi connectivity index (χ4v) is 3.26. The van der Waals surface area contributed by atoms with Crippen LogP contribution in [0.15, 0.2) is 36.5 Å². The zero-order valence-electron chi connectivity index (χ0n) is 16.4. The molecule has 0 saturated carbocycles. The van der Waals surface area contributed by atoms with E-state index in [1.807, 2.05) is 0 Å². The smallest absolute Gasteiger partial charge is 0.367 e. The second kappa shape index (κ2) is 8.77. The third-order valence-electron chi connectivity index (χ3n) is 4.89. The SMILES string of the molecule is [B]c1ccc(CC(=O)Nc2ccc(N3CCN(C(C)=O)CC3)cn2)cc1C(F)(F)F. The Morgan fingerprint density at radius 2 is 1.83 bits per heavy atom. The van der Waals surface area contributed by atoms with Crippen molar-refractivity contribution in [2.24, 2.45) is 0 Å². The lowest BCUT2D eigenvalue weighted by Crippen LogP contribution is -2.48. The van der Waals surface area contributed by atoms with Gasteiger partial charge in [-0.05, 0) is 23.8 Å². The quantitative estimate of drug-likeness (QED) is 0.772. The van der Waals surface area contributed by atoms with E-state index >= 15 is 0 Å². The van der Waals surface area contributed by atoms with Crippen LogP contribution in [0.1, 0.15) is 18.1 Å². The molecule has 1 fully saturated rings. The number of hydrogen-bond acceptors (Lipinski definition) is 4. The van der Waals surface area contributed by atoms with E-state index in [0.29, 0.717) is 32.0 Å². The maximum Gasteiger partial charge on any atom is 0.415 e. The number of aromatic nitrogens is 1. The van der Waals surface area contributed by atoms with Crippen LogP contribution in [0.3, 0.4) is 0 Å². The second-order valence-electron chi connectivity index (χ2n) is 7.04. The van der Waals surface area contributed by atoms with Gasteiger partial charge in [-0.15, -0.1) is 0 Å². The Morgan fingerprint density at radius 3 is 2.40 bits per heavy atom. The lowest BCUT2D eigenvalue weighted by Gasteiger charge is -2.35. The molecule has 6 nitrogen and oxygen atoms in total. The van der Waals surface area contributed by atoms with E-state index in [1.165, 1.54) is 6.07 Å². The average Bonchev–Trinajstić information content (AvgIpc) is 2.69. The maximum atomic E-state index is 13.0. The molecule has 156 valence electrons. The molecular weight excluding hydrogens is 396 g/mol. The molecule has 2 heterocycles. The van der Waals surface area contributed by atoms with Crippen LogP contribution in [-0.4, -0.2) is 55.7 Å². The number of nitrogens with zero attached hydrogens (tertiary/aromatic N) is 3. The number of amides is 2. The van der Waals surface area contributed by atoms with Gasteiger partial charge < -0.3 is 15.1 Å². The summed E-state index contributed by atoms with van der Waals surface area (Å²) in [6, 6.07) is 6.85. The van der Waals surface area contributed by atoms with Gasteiger partial charge in [0.25, 0.3) is 0 Å². The summed E-state index contributed by atoms with van der Waals surface area (Å²) in [6.07, 6.45) is -3.20. The van der Waals surface area contributed by atoms with Crippen molar-refractivity contribution in [3.8, 4) is 0 Å². The number of alkyl halides is 3. The third-order valence-corrected chi connectivity index (χ3v) is 4.89. The van der Waals surface area contributed by atoms with Crippen LogP contribution >= 0.6 is 0 Å². The standard InChI is InChI=1S/C20H20BF3N4O2/c1-13(29)27-6-8-28(9-7-27)15-3-5-18(25-12-15)26-19(30)11-14-2-4-17(21)16(10-14)20(22,23)24/h2-5,10,12H,6-9,11H2,1H3,(H,25,26,30). The molecule has 1 aromatic heterocycles. The number of piperazine rings is 1. The predicted molar refractivity (Wildman–Crippen MR) is 108 cm³/mol. The Labute approximate surface area is 173 Å². The number of benzene rings is 1. The largest absolute Gasteiger partial charge is 0.415 e. The number of anilines is 2. The van der Waals surface area contributed by atoms with E-state index in [1.54, 1.807) is 30.2 Å². The van der Waals surface area contributed by atoms with Gasteiger partial charge in [-0.2, -0.15) is 13.2 Å². The van der Waals surface area contributed by atoms with Gasteiger partial charge in [0.15, 0.2) is 0 Å². The van der Waals surface area contributed by atoms with Gasteiger partial charge in [0.2, 0.25) is 11.8 Å². The highest BCUT2D eigenvalue weighted by Crippen LogP contribution is 2.28. The number of carbonyl (C=O) groups excluding carboxylic acids is 2. The van der Waals surface area contributed by atoms with Crippen LogP contribution in [0.25, 0.3) is 0 Å². The molecule has 1 aliphatic heterocycles. The van der Waals surface area contributed by atoms with Crippen LogP contribution in [0.4, 0.5) is 24.7 Å². The summed E-state index contributed by atoms with van der Waals surface area (Å²) >= 11 is 0. The monoisotopic (exact) mass is 416 g/mol. The lowest BCUT2D eigenvalue weighted by molar-refractivity contribution is -0.136. The van der Waals surface area contributed by atoms with Gasteiger partial charge in [-0.3, -0.25) is 9.59 Å². The highest BCUT2D eigenvalue weighted by Gasteiger charge is 2.32. The molecule has 0 aliphatic carbocycles. The summed E-state index contributed by atoms with van der Waals surface area (Å²) in [7, 11) is 5.37. The van der Waals surface area contributed by atoms with E-state index < -0.39 is 17.6 Å². The predicted octanol–water partition coefficient (Wildman–Crippen LogP) is 1.74. The van der Waals surface area contributed by atoms with Crippen molar-refractivity contribution in [2.45, 2.75) is 19.5 Å². The van der Waals surface area contributed by atoms with Crippen LogP contribution in [0, 0.1) is 0 Å². The van der Waals surface area contributed by atoms with Crippen molar-refractivity contribution >= 4 is 36.6 Å². The van der Waals surface area contributed by atoms with Crippen molar-refractivity contribution in [1.82, 2.24) is 9.88 Å². The van der Waals surface area contributed by atoms with Crippen molar-refractivity contribution < 1.29 is 22.8 Å². The molecule has 2 amide bonds. The Hall–Kier alpha value is -3.04. The molecule has 1 N–H and O–H groups in total. The molecule has 1 aliphatic rings. The molecule has 3 rings (SSSR count). The lowest BCUT2D eigenvalue weighted by atomic mass is 9.88. The summed E-state index contributed by atoms with van der Waals surface area (Å²) in [5.41, 5.74) is -0.272. The molecule has 0 atom stereocenters. The summed E-state index contributed by atoms with van der Waals surface area (Å²) in [5.74, 6) is -0.130. The number of halogens is 3. The van der Waals surface area contributed by atoms with E-state index in [4.69, 9.17) is 7.85 Å². The minimum atomic E-state index is -4.58. The van der Waals surface area contributed by atoms with E-state index in [2.05, 4.69) is 15.2 Å². The number of nitrogens with one attached hydrogen (secondary N) is 1. The first-order valence-electron chi connectivity index (χ1n) is 9.35. The molecular formula is C20H20BF3N4O2. The topological polar surface area (TPSA) is 65.5 Å². The molecule has 2 aromatic rings. The fraction of sp³-hybridized carbons (Fsp3) is 0.350. The minimum Gasteiger partial charge on any atom is -0.367 e. The summed E-state index contributed by atoms with van der Waals surface area (Å²) in [6.45, 7) is 4.19. The van der Waals surface area contributed by atoms with Crippen LogP contribution in [-0.2, 0) is 22.2 Å². The summed E-state index contributed by atoms with van der Waals surface area (Å²) in [5, 5.41) is 2.58. The maximum absolute atomic E-state index is 13.0. The minimum absolute atomic E-state index is 0.0503. The Morgan fingerprint density at radius 1 is 1.13 bits per heavy atom. The summed E-state index contributed by atoms with van der Waals surface area (Å²) < 4.78 is 38.9. The van der Waals surface area contributed by atoms with Crippen LogP contribution in [0.2, 0.25) is 0 Å². The van der Waals surface area contributed by atoms with Gasteiger partial charge in [0.05, 0.1) is 18.3 Å². The number of hydrogen-bond donors (Lipinski definition) is 1. The van der Waals surface area contributed by atoms with Crippen LogP contribution < -0.4 is 15.7 Å². The van der Waals surface area contributed by atoms with E-state index in [0.717, 1.165) is 17.8 Å². The molecule has 0 unspecified atom stereocenters. The highest BCUT2D eigenvalue weighted by atomic mass is 19.4. The van der Waals surface area contributed by atoms with Gasteiger partial charge in [0, 0.05) is 38.7 Å². The molecule has 2 radical (unpaired) electrons. The zero-order chi connectivity index (χ0) is 21.9. The van der Waals surface area contributed by atoms with Crippen molar-refractivity contribution in [1.29, 1.82) is 0 Å². The van der Waals surface area contributed by atoms with E-state index in [-0.39, 0.29) is 23.4 Å². The first kappa shape index (κ1) is 21.7. The zero-order valence-corrected chi connectivity index (χ0v) is 16.4. The Kier molecular flexibility index (Phi) is 6.33. The van der Waals surface area contributed by atoms with Crippen molar-refractivity contribution in [2.75, 3.05) is 36.4 Å². The molecule has 0 bridgehead atoms. The van der Waals surface area contributed by atoms with Crippen LogP contribution in [0.5, 0.6) is 0 Å². The Balaban J connectivity index is 1.58. The van der Waals surface area contributed by atoms with Crippen molar-refractivity contribution in [3.05, 3.63) is 47.7 Å². The Bertz CT molecular complexity index is 927. The molecule has 0 spiro atoms. The third kappa shape index (κ3) is 5.31. The van der Waals surface area contributed by atoms with Gasteiger partial charge >= 0.3 is 6.18 Å². The second-order valence-corrected chi connectivity index (χ2v) is 7.04.